The van der Waals surface area contributed by atoms with E-state index in [1.165, 1.54) is 25.3 Å². The first-order valence-electron chi connectivity index (χ1n) is 10.8. The molecule has 1 aliphatic carbocycles. The van der Waals surface area contributed by atoms with Gasteiger partial charge in [-0.15, -0.1) is 0 Å². The predicted octanol–water partition coefficient (Wildman–Crippen LogP) is 3.86. The fourth-order valence-corrected chi connectivity index (χ4v) is 3.84. The third-order valence-electron chi connectivity index (χ3n) is 5.66. The molecule has 2 aliphatic rings. The molecule has 0 amide bonds. The number of hydrogen-bond acceptors (Lipinski definition) is 6. The van der Waals surface area contributed by atoms with Crippen LogP contribution in [-0.2, 0) is 6.42 Å². The molecule has 0 unspecified atom stereocenters. The number of nitrogens with two attached hydrogens (primary N) is 1. The summed E-state index contributed by atoms with van der Waals surface area (Å²) in [7, 11) is 0. The lowest BCUT2D eigenvalue weighted by atomic mass is 10.1. The van der Waals surface area contributed by atoms with E-state index in [-0.39, 0.29) is 5.69 Å². The van der Waals surface area contributed by atoms with Gasteiger partial charge in [-0.05, 0) is 62.8 Å². The number of rotatable bonds is 8. The van der Waals surface area contributed by atoms with Gasteiger partial charge in [0.1, 0.15) is 11.6 Å². The van der Waals surface area contributed by atoms with Crippen molar-refractivity contribution in [3.63, 3.8) is 0 Å². The largest absolute Gasteiger partial charge is 0.396 e. The molecular weight excluding hydrogens is 367 g/mol. The summed E-state index contributed by atoms with van der Waals surface area (Å²) in [5, 5.41) is 6.94. The second kappa shape index (κ2) is 8.95. The molecule has 4 N–H and O–H groups in total. The maximum absolute atomic E-state index is 13.5. The van der Waals surface area contributed by atoms with Crippen LogP contribution in [-0.4, -0.2) is 35.6 Å². The Morgan fingerprint density at radius 3 is 2.83 bits per heavy atom. The van der Waals surface area contributed by atoms with Crippen LogP contribution in [0.2, 0.25) is 0 Å². The number of hydrogen-bond donors (Lipinski definition) is 3. The van der Waals surface area contributed by atoms with Crippen LogP contribution in [0.15, 0.2) is 24.3 Å². The van der Waals surface area contributed by atoms with Crippen molar-refractivity contribution in [2.75, 3.05) is 35.6 Å². The van der Waals surface area contributed by atoms with E-state index in [0.29, 0.717) is 17.7 Å². The molecule has 6 nitrogen and oxygen atoms in total. The first kappa shape index (κ1) is 19.9. The van der Waals surface area contributed by atoms with Gasteiger partial charge >= 0.3 is 0 Å². The van der Waals surface area contributed by atoms with E-state index in [9.17, 15) is 4.39 Å². The molecule has 2 heterocycles. The van der Waals surface area contributed by atoms with Gasteiger partial charge in [-0.3, -0.25) is 0 Å². The molecule has 1 aliphatic heterocycles. The number of piperidine rings is 1. The van der Waals surface area contributed by atoms with Crippen LogP contribution in [0.5, 0.6) is 0 Å². The Morgan fingerprint density at radius 1 is 1.21 bits per heavy atom. The van der Waals surface area contributed by atoms with Crippen molar-refractivity contribution in [2.24, 2.45) is 5.92 Å². The number of nitrogens with one attached hydrogen (secondary N) is 2. The molecule has 4 rings (SSSR count). The van der Waals surface area contributed by atoms with Gasteiger partial charge < -0.3 is 21.3 Å². The molecule has 1 saturated carbocycles. The minimum Gasteiger partial charge on any atom is -0.396 e. The minimum atomic E-state index is -0.421. The van der Waals surface area contributed by atoms with Crippen molar-refractivity contribution < 1.29 is 4.39 Å². The van der Waals surface area contributed by atoms with Crippen LogP contribution >= 0.6 is 0 Å². The summed E-state index contributed by atoms with van der Waals surface area (Å²) in [5.41, 5.74) is 7.51. The molecule has 0 radical (unpaired) electrons. The Labute approximate surface area is 172 Å². The molecule has 156 valence electrons. The zero-order chi connectivity index (χ0) is 20.2. The van der Waals surface area contributed by atoms with Gasteiger partial charge in [0.05, 0.1) is 5.69 Å². The predicted molar refractivity (Wildman–Crippen MR) is 116 cm³/mol. The highest BCUT2D eigenvalue weighted by Crippen LogP contribution is 2.28. The molecule has 0 spiro atoms. The average Bonchev–Trinajstić information content (AvgIpc) is 3.54. The average molecular weight is 399 g/mol. The van der Waals surface area contributed by atoms with Crippen molar-refractivity contribution in [1.82, 2.24) is 15.3 Å². The highest BCUT2D eigenvalue weighted by atomic mass is 19.1. The lowest BCUT2D eigenvalue weighted by Gasteiger charge is -2.34. The van der Waals surface area contributed by atoms with Gasteiger partial charge in [0.25, 0.3) is 0 Å². The summed E-state index contributed by atoms with van der Waals surface area (Å²) in [5.74, 6) is 1.96. The second-order valence-electron chi connectivity index (χ2n) is 8.29. The third kappa shape index (κ3) is 5.35. The molecule has 7 heteroatoms. The zero-order valence-corrected chi connectivity index (χ0v) is 17.1. The van der Waals surface area contributed by atoms with Crippen molar-refractivity contribution in [3.05, 3.63) is 35.8 Å². The van der Waals surface area contributed by atoms with Crippen LogP contribution in [0, 0.1) is 11.7 Å². The normalized spacial score (nSPS) is 19.4. The second-order valence-corrected chi connectivity index (χ2v) is 8.29. The van der Waals surface area contributed by atoms with Crippen LogP contribution in [0.4, 0.5) is 27.5 Å². The fraction of sp³-hybridized carbons (Fsp3) is 0.545. The Morgan fingerprint density at radius 2 is 2.07 bits per heavy atom. The van der Waals surface area contributed by atoms with E-state index in [2.05, 4.69) is 33.5 Å². The van der Waals surface area contributed by atoms with Gasteiger partial charge in [-0.1, -0.05) is 13.3 Å². The third-order valence-corrected chi connectivity index (χ3v) is 5.66. The number of aromatic nitrogens is 2. The number of aryl methyl sites for hydroxylation is 1. The van der Waals surface area contributed by atoms with Crippen LogP contribution in [0.1, 0.15) is 44.7 Å². The summed E-state index contributed by atoms with van der Waals surface area (Å²) >= 11 is 0. The van der Waals surface area contributed by atoms with Crippen molar-refractivity contribution in [1.29, 1.82) is 0 Å². The minimum absolute atomic E-state index is 0.112. The molecule has 0 bridgehead atoms. The van der Waals surface area contributed by atoms with E-state index < -0.39 is 5.82 Å². The highest BCUT2D eigenvalue weighted by Gasteiger charge is 2.25. The number of benzene rings is 1. The maximum atomic E-state index is 13.5. The van der Waals surface area contributed by atoms with E-state index >= 15 is 0 Å². The standard InChI is InChI=1S/C22H31FN6/c1-2-4-16-12-21(29-10-3-5-18(14-29)25-13-15-6-7-15)28-22(26-16)27-17-8-9-19(23)20(24)11-17/h8-9,11-12,15,18,25H,2-7,10,13-14,24H2,1H3,(H,26,27,28)/t18-/m1/s1. The Kier molecular flexibility index (Phi) is 6.13. The molecule has 1 saturated heterocycles. The topological polar surface area (TPSA) is 79.1 Å². The Bertz CT molecular complexity index is 838. The van der Waals surface area contributed by atoms with Gasteiger partial charge in [-0.25, -0.2) is 9.37 Å². The van der Waals surface area contributed by atoms with E-state index in [0.717, 1.165) is 56.3 Å². The summed E-state index contributed by atoms with van der Waals surface area (Å²) in [4.78, 5) is 11.8. The van der Waals surface area contributed by atoms with E-state index in [1.54, 1.807) is 12.1 Å². The highest BCUT2D eigenvalue weighted by molar-refractivity contribution is 5.61. The lowest BCUT2D eigenvalue weighted by molar-refractivity contribution is 0.414. The first-order chi connectivity index (χ1) is 14.1. The summed E-state index contributed by atoms with van der Waals surface area (Å²) in [6.45, 7) is 5.27. The Hall–Kier alpha value is -2.41. The molecule has 29 heavy (non-hydrogen) atoms. The van der Waals surface area contributed by atoms with Gasteiger partial charge in [0.15, 0.2) is 0 Å². The van der Waals surface area contributed by atoms with Crippen LogP contribution in [0.25, 0.3) is 0 Å². The zero-order valence-electron chi connectivity index (χ0n) is 17.1. The quantitative estimate of drug-likeness (QED) is 0.586. The first-order valence-corrected chi connectivity index (χ1v) is 10.8. The molecule has 1 aromatic carbocycles. The fourth-order valence-electron chi connectivity index (χ4n) is 3.84. The number of halogens is 1. The van der Waals surface area contributed by atoms with E-state index in [4.69, 9.17) is 10.7 Å². The lowest BCUT2D eigenvalue weighted by Crippen LogP contribution is -2.46. The summed E-state index contributed by atoms with van der Waals surface area (Å²) in [6, 6.07) is 7.21. The van der Waals surface area contributed by atoms with Crippen LogP contribution in [0.3, 0.4) is 0 Å². The van der Waals surface area contributed by atoms with Gasteiger partial charge in [-0.2, -0.15) is 4.98 Å². The van der Waals surface area contributed by atoms with Gasteiger partial charge in [0, 0.05) is 36.6 Å². The molecule has 1 atom stereocenters. The van der Waals surface area contributed by atoms with Gasteiger partial charge in [0.2, 0.25) is 5.95 Å². The summed E-state index contributed by atoms with van der Waals surface area (Å²) in [6.07, 6.45) is 7.04. The van der Waals surface area contributed by atoms with E-state index in [1.807, 2.05) is 0 Å². The van der Waals surface area contributed by atoms with Crippen LogP contribution < -0.4 is 21.3 Å². The SMILES string of the molecule is CCCc1cc(N2CCC[C@@H](NCC3CC3)C2)nc(Nc2ccc(F)c(N)c2)n1. The Balaban J connectivity index is 1.51. The number of nitrogen functional groups attached to an aromatic ring is 1. The molecular formula is C22H31FN6. The number of anilines is 4. The molecule has 2 fully saturated rings. The smallest absolute Gasteiger partial charge is 0.229 e. The monoisotopic (exact) mass is 398 g/mol. The van der Waals surface area contributed by atoms with Crippen molar-refractivity contribution in [3.8, 4) is 0 Å². The van der Waals surface area contributed by atoms with Crippen molar-refractivity contribution >= 4 is 23.1 Å². The molecule has 1 aromatic heterocycles. The number of nitrogens with zero attached hydrogens (tertiary/aromatic N) is 3. The van der Waals surface area contributed by atoms with Crippen molar-refractivity contribution in [2.45, 2.75) is 51.5 Å². The molecule has 2 aromatic rings. The maximum Gasteiger partial charge on any atom is 0.229 e. The summed E-state index contributed by atoms with van der Waals surface area (Å²) < 4.78 is 13.5.